The summed E-state index contributed by atoms with van der Waals surface area (Å²) >= 11 is 0. The van der Waals surface area contributed by atoms with Crippen molar-refractivity contribution in [2.45, 2.75) is 26.2 Å². The molecular formula is C12H16O. The zero-order chi connectivity index (χ0) is 9.52. The van der Waals surface area contributed by atoms with Crippen LogP contribution in [0.3, 0.4) is 0 Å². The highest BCUT2D eigenvalue weighted by Gasteiger charge is 1.89. The maximum Gasteiger partial charge on any atom is 0.115 e. The largest absolute Gasteiger partial charge is 0.508 e. The Kier molecular flexibility index (Phi) is 4.10. The molecule has 1 heteroatoms. The van der Waals surface area contributed by atoms with E-state index in [0.717, 1.165) is 12.8 Å². The fourth-order valence-corrected chi connectivity index (χ4v) is 0.951. The third-order valence-corrected chi connectivity index (χ3v) is 1.71. The van der Waals surface area contributed by atoms with E-state index in [1.165, 1.54) is 12.0 Å². The van der Waals surface area contributed by atoms with Gasteiger partial charge in [-0.3, -0.25) is 0 Å². The molecule has 0 aliphatic heterocycles. The van der Waals surface area contributed by atoms with E-state index >= 15 is 0 Å². The van der Waals surface area contributed by atoms with Crippen LogP contribution >= 0.6 is 0 Å². The van der Waals surface area contributed by atoms with Crippen LogP contribution in [0, 0.1) is 0 Å². The minimum Gasteiger partial charge on any atom is -0.508 e. The molecule has 1 aromatic rings. The van der Waals surface area contributed by atoms with Crippen molar-refractivity contribution in [3.8, 4) is 5.75 Å². The van der Waals surface area contributed by atoms with Crippen LogP contribution in [-0.2, 0) is 6.42 Å². The van der Waals surface area contributed by atoms with Gasteiger partial charge in [-0.25, -0.2) is 0 Å². The Morgan fingerprint density at radius 1 is 1.15 bits per heavy atom. The van der Waals surface area contributed by atoms with Crippen LogP contribution in [-0.4, -0.2) is 5.11 Å². The van der Waals surface area contributed by atoms with Gasteiger partial charge in [0.25, 0.3) is 0 Å². The van der Waals surface area contributed by atoms with E-state index in [0.29, 0.717) is 5.75 Å². The second-order valence-electron chi connectivity index (χ2n) is 3.12. The van der Waals surface area contributed by atoms with Gasteiger partial charge in [0.1, 0.15) is 5.75 Å². The Morgan fingerprint density at radius 3 is 2.08 bits per heavy atom. The summed E-state index contributed by atoms with van der Waals surface area (Å²) in [6.07, 6.45) is 7.76. The van der Waals surface area contributed by atoms with Gasteiger partial charge in [-0.1, -0.05) is 37.6 Å². The Hall–Kier alpha value is -1.24. The molecule has 0 bridgehead atoms. The third kappa shape index (κ3) is 5.07. The maximum absolute atomic E-state index is 8.92. The standard InChI is InChI=1S/C9H12O.C3H4/c1-2-3-8-4-6-9(10)7-5-8;1-2-3-1/h4-7,10H,2-3H2,1H3;1-2H,3H2. The molecule has 1 aliphatic rings. The van der Waals surface area contributed by atoms with Crippen LogP contribution in [0.5, 0.6) is 5.75 Å². The summed E-state index contributed by atoms with van der Waals surface area (Å²) in [5.41, 5.74) is 1.29. The molecule has 1 aliphatic carbocycles. The van der Waals surface area contributed by atoms with E-state index < -0.39 is 0 Å². The Morgan fingerprint density at radius 2 is 1.69 bits per heavy atom. The summed E-state index contributed by atoms with van der Waals surface area (Å²) in [4.78, 5) is 0. The summed E-state index contributed by atoms with van der Waals surface area (Å²) in [5.74, 6) is 0.347. The molecule has 0 atom stereocenters. The van der Waals surface area contributed by atoms with Crippen LogP contribution in [0.4, 0.5) is 0 Å². The van der Waals surface area contributed by atoms with Gasteiger partial charge in [-0.2, -0.15) is 0 Å². The minimum absolute atomic E-state index is 0.347. The van der Waals surface area contributed by atoms with E-state index in [-0.39, 0.29) is 0 Å². The maximum atomic E-state index is 8.92. The molecule has 1 N–H and O–H groups in total. The molecule has 0 unspecified atom stereocenters. The number of hydrogen-bond donors (Lipinski definition) is 1. The fraction of sp³-hybridized carbons (Fsp3) is 0.333. The van der Waals surface area contributed by atoms with E-state index in [1.54, 1.807) is 12.1 Å². The van der Waals surface area contributed by atoms with Crippen LogP contribution in [0.15, 0.2) is 36.4 Å². The number of phenolic OH excluding ortho intramolecular Hbond substituents is 1. The first-order valence-corrected chi connectivity index (χ1v) is 4.76. The van der Waals surface area contributed by atoms with Crippen LogP contribution in [0.2, 0.25) is 0 Å². The summed E-state index contributed by atoms with van der Waals surface area (Å²) in [6, 6.07) is 7.37. The lowest BCUT2D eigenvalue weighted by molar-refractivity contribution is 0.475. The van der Waals surface area contributed by atoms with Gasteiger partial charge < -0.3 is 5.11 Å². The predicted molar refractivity (Wildman–Crippen MR) is 55.9 cm³/mol. The first kappa shape index (κ1) is 9.85. The number of aryl methyl sites for hydroxylation is 1. The zero-order valence-corrected chi connectivity index (χ0v) is 8.03. The number of hydrogen-bond acceptors (Lipinski definition) is 1. The summed E-state index contributed by atoms with van der Waals surface area (Å²) in [7, 11) is 0. The lowest BCUT2D eigenvalue weighted by Crippen LogP contribution is -1.79. The van der Waals surface area contributed by atoms with Crippen molar-refractivity contribution >= 4 is 0 Å². The first-order valence-electron chi connectivity index (χ1n) is 4.76. The van der Waals surface area contributed by atoms with E-state index in [4.69, 9.17) is 5.11 Å². The molecule has 0 amide bonds. The highest BCUT2D eigenvalue weighted by molar-refractivity contribution is 5.25. The highest BCUT2D eigenvalue weighted by Crippen LogP contribution is 2.10. The number of benzene rings is 1. The Bertz CT molecular complexity index is 255. The van der Waals surface area contributed by atoms with Crippen molar-refractivity contribution in [1.29, 1.82) is 0 Å². The summed E-state index contributed by atoms with van der Waals surface area (Å²) in [5, 5.41) is 8.92. The summed E-state index contributed by atoms with van der Waals surface area (Å²) in [6.45, 7) is 2.15. The predicted octanol–water partition coefficient (Wildman–Crippen LogP) is 3.29. The fourth-order valence-electron chi connectivity index (χ4n) is 0.951. The molecule has 0 spiro atoms. The molecule has 0 heterocycles. The number of aromatic hydroxyl groups is 1. The van der Waals surface area contributed by atoms with Crippen molar-refractivity contribution in [1.82, 2.24) is 0 Å². The molecule has 1 aromatic carbocycles. The normalized spacial score (nSPS) is 11.8. The topological polar surface area (TPSA) is 20.2 Å². The monoisotopic (exact) mass is 176 g/mol. The average Bonchev–Trinajstić information content (AvgIpc) is 2.96. The van der Waals surface area contributed by atoms with Crippen molar-refractivity contribution in [3.63, 3.8) is 0 Å². The van der Waals surface area contributed by atoms with Crippen molar-refractivity contribution in [3.05, 3.63) is 42.0 Å². The molecule has 2 rings (SSSR count). The molecule has 13 heavy (non-hydrogen) atoms. The molecule has 0 fully saturated rings. The lowest BCUT2D eigenvalue weighted by atomic mass is 10.1. The quantitative estimate of drug-likeness (QED) is 0.685. The number of rotatable bonds is 2. The van der Waals surface area contributed by atoms with Gasteiger partial charge in [-0.05, 0) is 30.5 Å². The van der Waals surface area contributed by atoms with Gasteiger partial charge in [0, 0.05) is 0 Å². The molecule has 0 radical (unpaired) electrons. The molecule has 0 aromatic heterocycles. The van der Waals surface area contributed by atoms with Crippen molar-refractivity contribution in [2.75, 3.05) is 0 Å². The SMILES string of the molecule is C1=CC1.CCCc1ccc(O)cc1. The van der Waals surface area contributed by atoms with Gasteiger partial charge in [-0.15, -0.1) is 0 Å². The third-order valence-electron chi connectivity index (χ3n) is 1.71. The lowest BCUT2D eigenvalue weighted by Gasteiger charge is -1.96. The van der Waals surface area contributed by atoms with Gasteiger partial charge >= 0.3 is 0 Å². The van der Waals surface area contributed by atoms with Crippen LogP contribution < -0.4 is 0 Å². The molecule has 1 nitrogen and oxygen atoms in total. The second kappa shape index (κ2) is 5.41. The minimum atomic E-state index is 0.347. The molecule has 0 saturated carbocycles. The van der Waals surface area contributed by atoms with Gasteiger partial charge in [0.2, 0.25) is 0 Å². The van der Waals surface area contributed by atoms with Crippen molar-refractivity contribution in [2.24, 2.45) is 0 Å². The van der Waals surface area contributed by atoms with E-state index in [9.17, 15) is 0 Å². The Balaban J connectivity index is 0.000000236. The zero-order valence-electron chi connectivity index (χ0n) is 8.03. The van der Waals surface area contributed by atoms with E-state index in [2.05, 4.69) is 19.1 Å². The van der Waals surface area contributed by atoms with Gasteiger partial charge in [0.15, 0.2) is 0 Å². The smallest absolute Gasteiger partial charge is 0.115 e. The molecular weight excluding hydrogens is 160 g/mol. The van der Waals surface area contributed by atoms with Crippen molar-refractivity contribution < 1.29 is 5.11 Å². The van der Waals surface area contributed by atoms with E-state index in [1.807, 2.05) is 12.1 Å². The average molecular weight is 176 g/mol. The van der Waals surface area contributed by atoms with Gasteiger partial charge in [0.05, 0.1) is 0 Å². The number of allylic oxidation sites excluding steroid dienone is 2. The number of phenols is 1. The molecule has 0 saturated heterocycles. The summed E-state index contributed by atoms with van der Waals surface area (Å²) < 4.78 is 0. The highest BCUT2D eigenvalue weighted by atomic mass is 16.3. The second-order valence-corrected chi connectivity index (χ2v) is 3.12. The molecule has 70 valence electrons. The first-order chi connectivity index (χ1) is 6.33. The van der Waals surface area contributed by atoms with Crippen LogP contribution in [0.25, 0.3) is 0 Å². The van der Waals surface area contributed by atoms with Crippen LogP contribution in [0.1, 0.15) is 25.3 Å². The Labute approximate surface area is 79.7 Å².